The second-order valence-electron chi connectivity index (χ2n) is 16.6. The average Bonchev–Trinajstić information content (AvgIpc) is 3.86. The topological polar surface area (TPSA) is 127 Å². The average molecular weight is 856 g/mol. The largest absolute Gasteiger partial charge is 0.469 e. The zero-order chi connectivity index (χ0) is 43.2. The lowest BCUT2D eigenvalue weighted by Gasteiger charge is -2.33. The lowest BCUT2D eigenvalue weighted by Crippen LogP contribution is -2.33. The smallest absolute Gasteiger partial charge is 0.308 e. The number of fused-ring (bicyclic) bond motifs is 8. The number of carbonyl (C=O) groups is 1. The van der Waals surface area contributed by atoms with Crippen LogP contribution in [0.2, 0.25) is 0 Å². The summed E-state index contributed by atoms with van der Waals surface area (Å²) in [6.07, 6.45) is 6.34. The molecule has 0 saturated carbocycles. The standard InChI is InChI=1S/C46H47F2N3O7S2/c1-30-11-14-35(15-12-30)60(55,56)50-22-17-36-37-19-24-59(53,54)29-45(3,4)20-8-21-46(5,33-10-7-9-32(26-33)25-31(2)44(52)57-6)51-23-18-41(49-51)38-27-34(13-16-39(38)47)58-43(37)40(48)28-42(36)50/h7,9-19,22-24,26-28,31H,8,20-21,25,29H2,1-6H3/b24-19-/t31-,46?/m1/s1. The summed E-state index contributed by atoms with van der Waals surface area (Å²) in [4.78, 5) is 12.3. The molecule has 14 heteroatoms. The summed E-state index contributed by atoms with van der Waals surface area (Å²) < 4.78 is 101. The van der Waals surface area contributed by atoms with Crippen LogP contribution < -0.4 is 4.74 Å². The second kappa shape index (κ2) is 16.1. The molecule has 0 spiro atoms. The Bertz CT molecular complexity index is 2860. The van der Waals surface area contributed by atoms with Crippen molar-refractivity contribution in [3.05, 3.63) is 137 Å². The van der Waals surface area contributed by atoms with Gasteiger partial charge in [0.15, 0.2) is 21.4 Å². The first-order valence-electron chi connectivity index (χ1n) is 19.6. The molecule has 7 rings (SSSR count). The normalized spacial score (nSPS) is 19.0. The van der Waals surface area contributed by atoms with Gasteiger partial charge in [-0.05, 0) is 98.2 Å². The molecule has 10 nitrogen and oxygen atoms in total. The number of halogens is 2. The molecule has 60 heavy (non-hydrogen) atoms. The van der Waals surface area contributed by atoms with E-state index in [1.54, 1.807) is 36.0 Å². The summed E-state index contributed by atoms with van der Waals surface area (Å²) >= 11 is 0. The fourth-order valence-electron chi connectivity index (χ4n) is 7.97. The van der Waals surface area contributed by atoms with E-state index < -0.39 is 42.4 Å². The Morgan fingerprint density at radius 3 is 2.43 bits per heavy atom. The molecular formula is C46H47F2N3O7S2. The van der Waals surface area contributed by atoms with Crippen LogP contribution in [-0.4, -0.2) is 49.4 Å². The third-order valence-electron chi connectivity index (χ3n) is 11.3. The molecule has 1 aliphatic rings. The number of rotatable bonds is 6. The minimum absolute atomic E-state index is 0.0122. The Kier molecular flexibility index (Phi) is 11.4. The number of esters is 1. The van der Waals surface area contributed by atoms with E-state index in [0.29, 0.717) is 31.4 Å². The Morgan fingerprint density at radius 1 is 0.950 bits per heavy atom. The van der Waals surface area contributed by atoms with E-state index in [-0.39, 0.29) is 56.1 Å². The van der Waals surface area contributed by atoms with Crippen LogP contribution >= 0.6 is 0 Å². The minimum atomic E-state index is -4.19. The van der Waals surface area contributed by atoms with Crippen molar-refractivity contribution in [1.29, 1.82) is 0 Å². The van der Waals surface area contributed by atoms with Crippen LogP contribution in [0.1, 0.15) is 69.2 Å². The number of aromatic nitrogens is 3. The highest BCUT2D eigenvalue weighted by molar-refractivity contribution is 7.94. The number of hydrogen-bond acceptors (Lipinski definition) is 8. The fourth-order valence-corrected chi connectivity index (χ4v) is 11.0. The van der Waals surface area contributed by atoms with Crippen LogP contribution in [0.5, 0.6) is 11.5 Å². The molecule has 0 radical (unpaired) electrons. The SMILES string of the molecule is COC(=O)[C@H](C)Cc1cccc(C2(C)CCCC(C)(C)CS(=O)(=O)/C=C\c3c(c(F)cc4c3ccn4S(=O)(=O)c3ccc(C)cc3)Oc3ccc(F)c(c3)-c3ccn2n3)c1. The van der Waals surface area contributed by atoms with Gasteiger partial charge in [0.1, 0.15) is 11.6 Å². The zero-order valence-electron chi connectivity index (χ0n) is 34.3. The molecule has 1 unspecified atom stereocenters. The maximum atomic E-state index is 16.4. The molecule has 4 bridgehead atoms. The number of benzene rings is 4. The lowest BCUT2D eigenvalue weighted by molar-refractivity contribution is -0.144. The van der Waals surface area contributed by atoms with E-state index in [4.69, 9.17) is 14.6 Å². The molecule has 1 aliphatic heterocycles. The third-order valence-corrected chi connectivity index (χ3v) is 14.7. The van der Waals surface area contributed by atoms with Crippen LogP contribution in [0.15, 0.2) is 108 Å². The summed E-state index contributed by atoms with van der Waals surface area (Å²) in [5, 5.41) is 6.12. The van der Waals surface area contributed by atoms with Gasteiger partial charge in [0.2, 0.25) is 0 Å². The molecule has 0 fully saturated rings. The van der Waals surface area contributed by atoms with Gasteiger partial charge in [-0.2, -0.15) is 5.10 Å². The van der Waals surface area contributed by atoms with Crippen LogP contribution in [0, 0.1) is 29.9 Å². The zero-order valence-corrected chi connectivity index (χ0v) is 35.9. The maximum Gasteiger partial charge on any atom is 0.308 e. The first kappa shape index (κ1) is 42.5. The predicted octanol–water partition coefficient (Wildman–Crippen LogP) is 9.83. The second-order valence-corrected chi connectivity index (χ2v) is 20.3. The van der Waals surface area contributed by atoms with Gasteiger partial charge in [0, 0.05) is 40.4 Å². The van der Waals surface area contributed by atoms with Crippen LogP contribution in [0.25, 0.3) is 28.2 Å². The van der Waals surface area contributed by atoms with Crippen LogP contribution in [-0.2, 0) is 41.4 Å². The van der Waals surface area contributed by atoms with Crippen molar-refractivity contribution in [2.24, 2.45) is 11.3 Å². The Labute approximate surface area is 349 Å². The Balaban J connectivity index is 1.36. The van der Waals surface area contributed by atoms with Gasteiger partial charge in [0.25, 0.3) is 10.0 Å². The molecular weight excluding hydrogens is 809 g/mol. The van der Waals surface area contributed by atoms with Crippen molar-refractivity contribution in [1.82, 2.24) is 13.8 Å². The Morgan fingerprint density at radius 2 is 1.70 bits per heavy atom. The number of nitrogens with zero attached hydrogens (tertiary/aromatic N) is 3. The highest BCUT2D eigenvalue weighted by Gasteiger charge is 2.33. The molecule has 0 aliphatic carbocycles. The molecule has 6 aromatic rings. The summed E-state index contributed by atoms with van der Waals surface area (Å²) in [5.41, 5.74) is 1.49. The van der Waals surface area contributed by atoms with Gasteiger partial charge in [-0.1, -0.05) is 69.2 Å². The highest BCUT2D eigenvalue weighted by Crippen LogP contribution is 2.41. The number of aryl methyl sites for hydroxylation is 1. The first-order valence-corrected chi connectivity index (χ1v) is 22.7. The third kappa shape index (κ3) is 8.53. The maximum absolute atomic E-state index is 16.4. The molecule has 314 valence electrons. The first-order chi connectivity index (χ1) is 28.3. The number of hydrogen-bond donors (Lipinski definition) is 0. The molecule has 3 heterocycles. The van der Waals surface area contributed by atoms with E-state index >= 15 is 8.78 Å². The van der Waals surface area contributed by atoms with E-state index in [2.05, 4.69) is 0 Å². The number of carbonyl (C=O) groups excluding carboxylic acids is 1. The van der Waals surface area contributed by atoms with Gasteiger partial charge >= 0.3 is 5.97 Å². The van der Waals surface area contributed by atoms with Crippen molar-refractivity contribution >= 4 is 42.8 Å². The molecule has 0 N–H and O–H groups in total. The highest BCUT2D eigenvalue weighted by atomic mass is 32.2. The summed E-state index contributed by atoms with van der Waals surface area (Å²) in [6, 6.07) is 22.2. The monoisotopic (exact) mass is 855 g/mol. The van der Waals surface area contributed by atoms with E-state index in [1.165, 1.54) is 55.8 Å². The summed E-state index contributed by atoms with van der Waals surface area (Å²) in [6.45, 7) is 9.39. The molecule has 4 aromatic carbocycles. The van der Waals surface area contributed by atoms with Gasteiger partial charge in [-0.25, -0.2) is 29.6 Å². The van der Waals surface area contributed by atoms with Crippen molar-refractivity contribution < 1.29 is 39.9 Å². The molecule has 2 atom stereocenters. The van der Waals surface area contributed by atoms with Gasteiger partial charge in [-0.15, -0.1) is 0 Å². The quantitative estimate of drug-likeness (QED) is 0.152. The van der Waals surface area contributed by atoms with Crippen molar-refractivity contribution in [3.8, 4) is 22.8 Å². The van der Waals surface area contributed by atoms with Crippen molar-refractivity contribution in [2.45, 2.75) is 70.7 Å². The van der Waals surface area contributed by atoms with Gasteiger partial charge < -0.3 is 9.47 Å². The number of sulfone groups is 1. The van der Waals surface area contributed by atoms with Crippen LogP contribution in [0.4, 0.5) is 8.78 Å². The lowest BCUT2D eigenvalue weighted by atomic mass is 9.82. The van der Waals surface area contributed by atoms with Crippen molar-refractivity contribution in [2.75, 3.05) is 12.9 Å². The van der Waals surface area contributed by atoms with Crippen molar-refractivity contribution in [3.63, 3.8) is 0 Å². The summed E-state index contributed by atoms with van der Waals surface area (Å²) in [5.74, 6) is -2.85. The van der Waals surface area contributed by atoms with E-state index in [0.717, 1.165) is 32.1 Å². The van der Waals surface area contributed by atoms with Crippen LogP contribution in [0.3, 0.4) is 0 Å². The van der Waals surface area contributed by atoms with E-state index in [9.17, 15) is 21.6 Å². The number of methoxy groups -OCH3 is 1. The summed E-state index contributed by atoms with van der Waals surface area (Å²) in [7, 11) is -6.78. The van der Waals surface area contributed by atoms with E-state index in [1.807, 2.05) is 52.0 Å². The predicted molar refractivity (Wildman–Crippen MR) is 228 cm³/mol. The molecule has 2 aromatic heterocycles. The van der Waals surface area contributed by atoms with Gasteiger partial charge in [-0.3, -0.25) is 9.48 Å². The fraction of sp³-hybridized carbons (Fsp3) is 0.304. The minimum Gasteiger partial charge on any atom is -0.469 e. The van der Waals surface area contributed by atoms with Gasteiger partial charge in [0.05, 0.1) is 40.4 Å². The molecule has 0 saturated heterocycles. The Hall–Kier alpha value is -5.60. The number of ether oxygens (including phenoxy) is 2. The molecule has 0 amide bonds.